The van der Waals surface area contributed by atoms with Gasteiger partial charge in [0.2, 0.25) is 5.91 Å². The van der Waals surface area contributed by atoms with Crippen LogP contribution in [0.4, 0.5) is 0 Å². The van der Waals surface area contributed by atoms with Crippen molar-refractivity contribution in [1.29, 1.82) is 0 Å². The van der Waals surface area contributed by atoms with Crippen molar-refractivity contribution in [3.63, 3.8) is 0 Å². The van der Waals surface area contributed by atoms with Crippen molar-refractivity contribution in [3.05, 3.63) is 22.7 Å². The first-order valence-electron chi connectivity index (χ1n) is 7.98. The molecule has 1 aromatic carbocycles. The second kappa shape index (κ2) is 10.0. The molecule has 2 amide bonds. The normalized spacial score (nSPS) is 10.2. The largest absolute Gasteiger partial charge is 0.490 e. The quantitative estimate of drug-likeness (QED) is 0.691. The van der Waals surface area contributed by atoms with E-state index in [0.717, 1.165) is 12.8 Å². The van der Waals surface area contributed by atoms with Crippen LogP contribution < -0.4 is 14.8 Å². The van der Waals surface area contributed by atoms with E-state index in [2.05, 4.69) is 12.2 Å². The van der Waals surface area contributed by atoms with Gasteiger partial charge in [0.05, 0.1) is 24.8 Å². The van der Waals surface area contributed by atoms with Gasteiger partial charge in [0, 0.05) is 19.7 Å². The topological polar surface area (TPSA) is 67.9 Å². The van der Waals surface area contributed by atoms with Crippen molar-refractivity contribution in [1.82, 2.24) is 10.2 Å². The molecule has 6 nitrogen and oxygen atoms in total. The summed E-state index contributed by atoms with van der Waals surface area (Å²) in [7, 11) is 3.25. The van der Waals surface area contributed by atoms with Gasteiger partial charge < -0.3 is 19.7 Å². The number of carbonyl (C=O) groups excluding carboxylic acids is 2. The Morgan fingerprint density at radius 1 is 1.21 bits per heavy atom. The third-order valence-electron chi connectivity index (χ3n) is 3.21. The molecule has 7 heteroatoms. The minimum Gasteiger partial charge on any atom is -0.490 e. The fourth-order valence-electron chi connectivity index (χ4n) is 1.84. The summed E-state index contributed by atoms with van der Waals surface area (Å²) in [5.41, 5.74) is 0.317. The number of likely N-dealkylation sites (N-methyl/N-ethyl adjacent to an activating group) is 1. The Labute approximate surface area is 148 Å². The number of rotatable bonds is 9. The number of carbonyl (C=O) groups is 2. The molecule has 0 atom stereocenters. The molecule has 0 unspecified atom stereocenters. The maximum atomic E-state index is 12.2. The van der Waals surface area contributed by atoms with Crippen LogP contribution in [0.5, 0.6) is 11.5 Å². The Balaban J connectivity index is 2.92. The average Bonchev–Trinajstić information content (AvgIpc) is 2.54. The Morgan fingerprint density at radius 2 is 1.92 bits per heavy atom. The number of nitrogens with zero attached hydrogens (tertiary/aromatic N) is 1. The third kappa shape index (κ3) is 5.92. The Bertz CT molecular complexity index is 576. The minimum atomic E-state index is -0.395. The van der Waals surface area contributed by atoms with E-state index in [1.54, 1.807) is 20.2 Å². The Hall–Kier alpha value is -1.95. The van der Waals surface area contributed by atoms with E-state index in [1.165, 1.54) is 11.0 Å². The van der Waals surface area contributed by atoms with E-state index in [-0.39, 0.29) is 12.5 Å². The van der Waals surface area contributed by atoms with Gasteiger partial charge in [0.25, 0.3) is 5.91 Å². The second-order valence-corrected chi connectivity index (χ2v) is 5.80. The summed E-state index contributed by atoms with van der Waals surface area (Å²) in [6.45, 7) is 4.77. The van der Waals surface area contributed by atoms with Crippen LogP contribution in [-0.4, -0.2) is 50.6 Å². The Morgan fingerprint density at radius 3 is 2.50 bits per heavy atom. The van der Waals surface area contributed by atoms with E-state index in [4.69, 9.17) is 21.1 Å². The number of unbranched alkanes of at least 4 members (excludes halogenated alkanes) is 1. The van der Waals surface area contributed by atoms with E-state index in [0.29, 0.717) is 35.3 Å². The van der Waals surface area contributed by atoms with Gasteiger partial charge in [0.1, 0.15) is 0 Å². The zero-order chi connectivity index (χ0) is 18.1. The van der Waals surface area contributed by atoms with Gasteiger partial charge in [-0.1, -0.05) is 24.9 Å². The first kappa shape index (κ1) is 20.1. The summed E-state index contributed by atoms with van der Waals surface area (Å²) >= 11 is 6.25. The molecule has 0 aliphatic rings. The van der Waals surface area contributed by atoms with E-state index < -0.39 is 5.91 Å². The van der Waals surface area contributed by atoms with Crippen molar-refractivity contribution in [3.8, 4) is 11.5 Å². The number of benzene rings is 1. The van der Waals surface area contributed by atoms with Gasteiger partial charge in [-0.3, -0.25) is 9.59 Å². The fourth-order valence-corrected chi connectivity index (χ4v) is 2.10. The summed E-state index contributed by atoms with van der Waals surface area (Å²) in [5.74, 6) is 0.269. The highest BCUT2D eigenvalue weighted by atomic mass is 35.5. The monoisotopic (exact) mass is 356 g/mol. The van der Waals surface area contributed by atoms with Crippen molar-refractivity contribution >= 4 is 23.4 Å². The molecule has 0 bridgehead atoms. The number of amides is 2. The van der Waals surface area contributed by atoms with E-state index >= 15 is 0 Å². The molecular formula is C17H25ClN2O4. The number of hydrogen-bond acceptors (Lipinski definition) is 4. The average molecular weight is 357 g/mol. The van der Waals surface area contributed by atoms with Crippen LogP contribution in [0.15, 0.2) is 12.1 Å². The number of hydrogen-bond donors (Lipinski definition) is 1. The first-order valence-corrected chi connectivity index (χ1v) is 8.35. The van der Waals surface area contributed by atoms with Crippen molar-refractivity contribution in [2.24, 2.45) is 0 Å². The molecule has 1 N–H and O–H groups in total. The summed E-state index contributed by atoms with van der Waals surface area (Å²) < 4.78 is 11.2. The molecule has 0 aromatic heterocycles. The van der Waals surface area contributed by atoms with E-state index in [1.807, 2.05) is 6.92 Å². The minimum absolute atomic E-state index is 0.0812. The van der Waals surface area contributed by atoms with Crippen LogP contribution in [0.1, 0.15) is 37.0 Å². The van der Waals surface area contributed by atoms with Gasteiger partial charge in [-0.2, -0.15) is 0 Å². The van der Waals surface area contributed by atoms with Crippen LogP contribution in [0, 0.1) is 0 Å². The fraction of sp³-hybridized carbons (Fsp3) is 0.529. The highest BCUT2D eigenvalue weighted by Gasteiger charge is 2.17. The molecule has 0 radical (unpaired) electrons. The predicted octanol–water partition coefficient (Wildman–Crippen LogP) is 2.74. The second-order valence-electron chi connectivity index (χ2n) is 5.39. The molecule has 24 heavy (non-hydrogen) atoms. The molecule has 0 aliphatic heterocycles. The third-order valence-corrected chi connectivity index (χ3v) is 3.50. The molecule has 0 saturated carbocycles. The van der Waals surface area contributed by atoms with Gasteiger partial charge in [-0.25, -0.2) is 0 Å². The van der Waals surface area contributed by atoms with E-state index in [9.17, 15) is 9.59 Å². The zero-order valence-electron chi connectivity index (χ0n) is 14.6. The Kier molecular flexibility index (Phi) is 8.40. The number of halogens is 1. The lowest BCUT2D eigenvalue weighted by Gasteiger charge is -2.15. The standard InChI is InChI=1S/C17H25ClN2O4/c1-5-7-8-24-16-13(18)9-12(10-14(16)23-6-2)17(22)19-11-15(21)20(3)4/h9-10H,5-8,11H2,1-4H3,(H,19,22). The lowest BCUT2D eigenvalue weighted by molar-refractivity contribution is -0.127. The highest BCUT2D eigenvalue weighted by Crippen LogP contribution is 2.36. The van der Waals surface area contributed by atoms with Crippen molar-refractivity contribution in [2.75, 3.05) is 33.9 Å². The summed E-state index contributed by atoms with van der Waals surface area (Å²) in [5, 5.41) is 2.87. The van der Waals surface area contributed by atoms with Gasteiger partial charge in [-0.15, -0.1) is 0 Å². The van der Waals surface area contributed by atoms with Crippen LogP contribution in [0.3, 0.4) is 0 Å². The maximum Gasteiger partial charge on any atom is 0.251 e. The first-order chi connectivity index (χ1) is 11.4. The lowest BCUT2D eigenvalue weighted by atomic mass is 10.2. The summed E-state index contributed by atoms with van der Waals surface area (Å²) in [6, 6.07) is 3.09. The molecule has 0 aliphatic carbocycles. The molecule has 0 heterocycles. The summed E-state index contributed by atoms with van der Waals surface area (Å²) in [4.78, 5) is 25.2. The molecular weight excluding hydrogens is 332 g/mol. The van der Waals surface area contributed by atoms with Crippen LogP contribution in [0.25, 0.3) is 0 Å². The van der Waals surface area contributed by atoms with Gasteiger partial charge in [0.15, 0.2) is 11.5 Å². The lowest BCUT2D eigenvalue weighted by Crippen LogP contribution is -2.36. The SMILES string of the molecule is CCCCOc1c(Cl)cc(C(=O)NCC(=O)N(C)C)cc1OCC. The predicted molar refractivity (Wildman–Crippen MR) is 94.1 cm³/mol. The molecule has 1 rings (SSSR count). The summed E-state index contributed by atoms with van der Waals surface area (Å²) in [6.07, 6.45) is 1.90. The molecule has 0 fully saturated rings. The number of ether oxygens (including phenoxy) is 2. The maximum absolute atomic E-state index is 12.2. The molecule has 0 spiro atoms. The smallest absolute Gasteiger partial charge is 0.251 e. The molecule has 0 saturated heterocycles. The van der Waals surface area contributed by atoms with Crippen molar-refractivity contribution in [2.45, 2.75) is 26.7 Å². The highest BCUT2D eigenvalue weighted by molar-refractivity contribution is 6.32. The van der Waals surface area contributed by atoms with Crippen molar-refractivity contribution < 1.29 is 19.1 Å². The van der Waals surface area contributed by atoms with Crippen LogP contribution in [0.2, 0.25) is 5.02 Å². The molecule has 1 aromatic rings. The number of nitrogens with one attached hydrogen (secondary N) is 1. The van der Waals surface area contributed by atoms with Crippen LogP contribution in [-0.2, 0) is 4.79 Å². The van der Waals surface area contributed by atoms with Crippen LogP contribution >= 0.6 is 11.6 Å². The zero-order valence-corrected chi connectivity index (χ0v) is 15.4. The van der Waals surface area contributed by atoms with Gasteiger partial charge in [-0.05, 0) is 25.5 Å². The van der Waals surface area contributed by atoms with Gasteiger partial charge >= 0.3 is 0 Å². The molecule has 134 valence electrons.